The number of nitrogens with two attached hydrogens (primary N) is 1. The van der Waals surface area contributed by atoms with Gasteiger partial charge in [0.1, 0.15) is 5.82 Å². The van der Waals surface area contributed by atoms with Crippen LogP contribution in [-0.2, 0) is 0 Å². The molecule has 0 radical (unpaired) electrons. The van der Waals surface area contributed by atoms with Crippen LogP contribution in [0, 0.1) is 5.82 Å². The quantitative estimate of drug-likeness (QED) is 0.893. The molecule has 0 atom stereocenters. The standard InChI is InChI=1S/C14H16FN3OS/c15-8-1-6-11-12(7-8)20-14(18-11)13(19)17-10-4-2-9(16)3-5-10/h1,6-7,9-10H,2-5,16H2,(H,17,19). The van der Waals surface area contributed by atoms with Gasteiger partial charge in [0.15, 0.2) is 5.01 Å². The van der Waals surface area contributed by atoms with Crippen LogP contribution in [0.15, 0.2) is 18.2 Å². The molecule has 0 spiro atoms. The van der Waals surface area contributed by atoms with E-state index in [0.717, 1.165) is 25.7 Å². The van der Waals surface area contributed by atoms with Crippen molar-refractivity contribution in [3.63, 3.8) is 0 Å². The first-order valence-corrected chi connectivity index (χ1v) is 7.56. The average molecular weight is 293 g/mol. The predicted octanol–water partition coefficient (Wildman–Crippen LogP) is 2.44. The highest BCUT2D eigenvalue weighted by Crippen LogP contribution is 2.23. The molecule has 1 fully saturated rings. The third-order valence-electron chi connectivity index (χ3n) is 3.65. The summed E-state index contributed by atoms with van der Waals surface area (Å²) in [4.78, 5) is 16.4. The van der Waals surface area contributed by atoms with Gasteiger partial charge in [-0.15, -0.1) is 11.3 Å². The molecule has 1 heterocycles. The molecular weight excluding hydrogens is 277 g/mol. The van der Waals surface area contributed by atoms with E-state index in [1.54, 1.807) is 6.07 Å². The molecule has 4 nitrogen and oxygen atoms in total. The van der Waals surface area contributed by atoms with Gasteiger partial charge in [-0.2, -0.15) is 0 Å². The lowest BCUT2D eigenvalue weighted by Crippen LogP contribution is -2.40. The first kappa shape index (κ1) is 13.5. The van der Waals surface area contributed by atoms with Crippen molar-refractivity contribution < 1.29 is 9.18 Å². The third kappa shape index (κ3) is 2.81. The largest absolute Gasteiger partial charge is 0.347 e. The predicted molar refractivity (Wildman–Crippen MR) is 77.3 cm³/mol. The van der Waals surface area contributed by atoms with Crippen molar-refractivity contribution in [3.8, 4) is 0 Å². The Morgan fingerprint density at radius 1 is 1.35 bits per heavy atom. The molecule has 0 aliphatic heterocycles. The van der Waals surface area contributed by atoms with Crippen molar-refractivity contribution in [1.29, 1.82) is 0 Å². The molecule has 1 aromatic carbocycles. The molecule has 3 rings (SSSR count). The molecule has 6 heteroatoms. The van der Waals surface area contributed by atoms with Crippen LogP contribution >= 0.6 is 11.3 Å². The van der Waals surface area contributed by atoms with Crippen molar-refractivity contribution in [2.75, 3.05) is 0 Å². The van der Waals surface area contributed by atoms with E-state index in [4.69, 9.17) is 5.73 Å². The van der Waals surface area contributed by atoms with E-state index in [-0.39, 0.29) is 23.8 Å². The Morgan fingerprint density at radius 3 is 2.85 bits per heavy atom. The Morgan fingerprint density at radius 2 is 2.10 bits per heavy atom. The summed E-state index contributed by atoms with van der Waals surface area (Å²) in [5.41, 5.74) is 6.50. The summed E-state index contributed by atoms with van der Waals surface area (Å²) in [5.74, 6) is -0.485. The van der Waals surface area contributed by atoms with E-state index in [1.807, 2.05) is 0 Å². The molecule has 0 bridgehead atoms. The van der Waals surface area contributed by atoms with Gasteiger partial charge >= 0.3 is 0 Å². The molecule has 106 valence electrons. The number of carbonyl (C=O) groups is 1. The molecule has 1 aliphatic rings. The number of nitrogens with zero attached hydrogens (tertiary/aromatic N) is 1. The van der Waals surface area contributed by atoms with Gasteiger partial charge in [0.05, 0.1) is 10.2 Å². The summed E-state index contributed by atoms with van der Waals surface area (Å²) in [6, 6.07) is 4.78. The maximum atomic E-state index is 13.1. The summed E-state index contributed by atoms with van der Waals surface area (Å²) < 4.78 is 13.8. The van der Waals surface area contributed by atoms with Crippen molar-refractivity contribution in [1.82, 2.24) is 10.3 Å². The zero-order chi connectivity index (χ0) is 14.1. The van der Waals surface area contributed by atoms with Gasteiger partial charge in [-0.05, 0) is 43.9 Å². The fraction of sp³-hybridized carbons (Fsp3) is 0.429. The van der Waals surface area contributed by atoms with Crippen molar-refractivity contribution >= 4 is 27.5 Å². The Balaban J connectivity index is 1.72. The SMILES string of the molecule is NC1CCC(NC(=O)c2nc3ccc(F)cc3s2)CC1. The molecule has 1 aliphatic carbocycles. The zero-order valence-corrected chi connectivity index (χ0v) is 11.8. The fourth-order valence-electron chi connectivity index (χ4n) is 2.51. The molecule has 3 N–H and O–H groups in total. The van der Waals surface area contributed by atoms with Gasteiger partial charge in [-0.25, -0.2) is 9.37 Å². The lowest BCUT2D eigenvalue weighted by molar-refractivity contribution is 0.0925. The fourth-order valence-corrected chi connectivity index (χ4v) is 3.40. The number of amides is 1. The zero-order valence-electron chi connectivity index (χ0n) is 10.9. The second kappa shape index (κ2) is 5.46. The van der Waals surface area contributed by atoms with Crippen molar-refractivity contribution in [2.45, 2.75) is 37.8 Å². The van der Waals surface area contributed by atoms with Crippen LogP contribution in [0.5, 0.6) is 0 Å². The number of rotatable bonds is 2. The van der Waals surface area contributed by atoms with Gasteiger partial charge in [-0.1, -0.05) is 0 Å². The highest BCUT2D eigenvalue weighted by atomic mass is 32.1. The van der Waals surface area contributed by atoms with Crippen LogP contribution < -0.4 is 11.1 Å². The summed E-state index contributed by atoms with van der Waals surface area (Å²) in [6.07, 6.45) is 3.70. The van der Waals surface area contributed by atoms with Crippen LogP contribution in [-0.4, -0.2) is 23.0 Å². The number of hydrogen-bond donors (Lipinski definition) is 2. The minimum Gasteiger partial charge on any atom is -0.347 e. The number of halogens is 1. The van der Waals surface area contributed by atoms with E-state index in [2.05, 4.69) is 10.3 Å². The molecule has 1 aromatic heterocycles. The van der Waals surface area contributed by atoms with Crippen LogP contribution in [0.1, 0.15) is 35.5 Å². The third-order valence-corrected chi connectivity index (χ3v) is 4.67. The van der Waals surface area contributed by atoms with Crippen LogP contribution in [0.2, 0.25) is 0 Å². The Labute approximate surface area is 120 Å². The molecule has 1 saturated carbocycles. The van der Waals surface area contributed by atoms with E-state index >= 15 is 0 Å². The Bertz CT molecular complexity index is 634. The Kier molecular flexibility index (Phi) is 3.67. The lowest BCUT2D eigenvalue weighted by Gasteiger charge is -2.26. The maximum Gasteiger partial charge on any atom is 0.280 e. The van der Waals surface area contributed by atoms with Gasteiger partial charge in [0.25, 0.3) is 5.91 Å². The van der Waals surface area contributed by atoms with E-state index in [9.17, 15) is 9.18 Å². The van der Waals surface area contributed by atoms with E-state index < -0.39 is 0 Å². The Hall–Kier alpha value is -1.53. The molecule has 0 unspecified atom stereocenters. The first-order valence-electron chi connectivity index (χ1n) is 6.74. The number of carbonyl (C=O) groups excluding carboxylic acids is 1. The highest BCUT2D eigenvalue weighted by molar-refractivity contribution is 7.20. The number of nitrogens with one attached hydrogen (secondary N) is 1. The smallest absolute Gasteiger partial charge is 0.280 e. The minimum absolute atomic E-state index is 0.172. The van der Waals surface area contributed by atoms with Crippen molar-refractivity contribution in [3.05, 3.63) is 29.0 Å². The second-order valence-electron chi connectivity index (χ2n) is 5.22. The summed E-state index contributed by atoms with van der Waals surface area (Å²) in [6.45, 7) is 0. The maximum absolute atomic E-state index is 13.1. The second-order valence-corrected chi connectivity index (χ2v) is 6.25. The summed E-state index contributed by atoms with van der Waals surface area (Å²) in [7, 11) is 0. The highest BCUT2D eigenvalue weighted by Gasteiger charge is 2.22. The van der Waals surface area contributed by atoms with E-state index in [0.29, 0.717) is 15.2 Å². The van der Waals surface area contributed by atoms with Crippen molar-refractivity contribution in [2.24, 2.45) is 5.73 Å². The number of fused-ring (bicyclic) bond motifs is 1. The number of aromatic nitrogens is 1. The molecule has 20 heavy (non-hydrogen) atoms. The van der Waals surface area contributed by atoms with Gasteiger partial charge in [-0.3, -0.25) is 4.79 Å². The molecule has 1 amide bonds. The van der Waals surface area contributed by atoms with Crippen LogP contribution in [0.25, 0.3) is 10.2 Å². The molecule has 0 saturated heterocycles. The summed E-state index contributed by atoms with van der Waals surface area (Å²) in [5, 5.41) is 3.38. The molecule has 2 aromatic rings. The van der Waals surface area contributed by atoms with Gasteiger partial charge in [0.2, 0.25) is 0 Å². The van der Waals surface area contributed by atoms with E-state index in [1.165, 1.54) is 23.5 Å². The van der Waals surface area contributed by atoms with Crippen LogP contribution in [0.3, 0.4) is 0 Å². The normalized spacial score (nSPS) is 22.9. The number of benzene rings is 1. The number of hydrogen-bond acceptors (Lipinski definition) is 4. The average Bonchev–Trinajstić information content (AvgIpc) is 2.84. The van der Waals surface area contributed by atoms with Crippen LogP contribution in [0.4, 0.5) is 4.39 Å². The summed E-state index contributed by atoms with van der Waals surface area (Å²) >= 11 is 1.22. The van der Waals surface area contributed by atoms with Gasteiger partial charge in [0, 0.05) is 12.1 Å². The topological polar surface area (TPSA) is 68.0 Å². The monoisotopic (exact) mass is 293 g/mol. The van der Waals surface area contributed by atoms with Gasteiger partial charge < -0.3 is 11.1 Å². The molecular formula is C14H16FN3OS. The number of thiazole rings is 1. The first-order chi connectivity index (χ1) is 9.61. The minimum atomic E-state index is -0.311. The lowest BCUT2D eigenvalue weighted by atomic mass is 9.92.